The number of hydrogen-bond acceptors (Lipinski definition) is 0. The van der Waals surface area contributed by atoms with Crippen LogP contribution in [0, 0.1) is 0 Å². The molecule has 0 radical (unpaired) electrons. The van der Waals surface area contributed by atoms with E-state index in [9.17, 15) is 0 Å². The van der Waals surface area contributed by atoms with E-state index in [1.54, 1.807) is 0 Å². The molecule has 0 nitrogen and oxygen atoms in total. The molecule has 0 aromatic rings. The topological polar surface area (TPSA) is 0 Å². The fraction of sp³-hybridized carbons (Fsp3) is 1.00. The van der Waals surface area contributed by atoms with Crippen molar-refractivity contribution in [2.45, 2.75) is 3.25 Å². The SMILES string of the molecule is [35Cl]C([35Cl])([37Cl])[37Cl]. The van der Waals surface area contributed by atoms with E-state index in [0.717, 1.165) is 0 Å². The predicted molar refractivity (Wildman–Crippen MR) is 26.1 cm³/mol. The quantitative estimate of drug-likeness (QED) is 0.472. The van der Waals surface area contributed by atoms with Gasteiger partial charge in [0.25, 0.3) is 3.25 Å². The van der Waals surface area contributed by atoms with Crippen molar-refractivity contribution in [3.05, 3.63) is 0 Å². The minimum Gasteiger partial charge on any atom is -0.0664 e. The van der Waals surface area contributed by atoms with Gasteiger partial charge in [-0.05, 0) is 0 Å². The first-order valence-corrected chi connectivity index (χ1v) is 2.27. The van der Waals surface area contributed by atoms with Gasteiger partial charge >= 0.3 is 0 Å². The molecule has 0 saturated carbocycles. The summed E-state index contributed by atoms with van der Waals surface area (Å²) in [5.41, 5.74) is 0. The zero-order valence-corrected chi connectivity index (χ0v) is 5.04. The van der Waals surface area contributed by atoms with E-state index >= 15 is 0 Å². The molecule has 0 atom stereocenters. The fourth-order valence-corrected chi connectivity index (χ4v) is 0. The second-order valence-corrected chi connectivity index (χ2v) is 3.86. The highest BCUT2D eigenvalue weighted by molar-refractivity contribution is 6.83. The van der Waals surface area contributed by atoms with Gasteiger partial charge in [-0.25, -0.2) is 0 Å². The second-order valence-electron chi connectivity index (χ2n) is 0.429. The Morgan fingerprint density at radius 1 is 1.20 bits per heavy atom. The normalized spacial score (nSPS) is 12.0. The average Bonchev–Trinajstić information content (AvgIpc) is 0.722. The van der Waals surface area contributed by atoms with E-state index in [1.165, 1.54) is 0 Å². The summed E-state index contributed by atoms with van der Waals surface area (Å²) in [6, 6.07) is 0. The summed E-state index contributed by atoms with van der Waals surface area (Å²) in [6.07, 6.45) is 0. The standard InChI is InChI=1S/CCl4/c2-1(3,4)5/i2+0,3+0,4+2,5+2. The van der Waals surface area contributed by atoms with Crippen LogP contribution >= 0.6 is 46.4 Å². The Kier molecular flexibility index (Phi) is 2.15. The molecule has 0 unspecified atom stereocenters. The summed E-state index contributed by atoms with van der Waals surface area (Å²) in [6.45, 7) is 0. The molecule has 4 heteroatoms. The first kappa shape index (κ1) is 6.16. The summed E-state index contributed by atoms with van der Waals surface area (Å²) in [7, 11) is 0. The van der Waals surface area contributed by atoms with Crippen molar-refractivity contribution in [1.82, 2.24) is 0 Å². The minimum absolute atomic E-state index is 1.61. The monoisotopic (exact) mass is 156 g/mol. The van der Waals surface area contributed by atoms with Crippen molar-refractivity contribution in [2.24, 2.45) is 0 Å². The lowest BCUT2D eigenvalue weighted by Crippen LogP contribution is -1.81. The zero-order chi connectivity index (χ0) is 4.50. The lowest BCUT2D eigenvalue weighted by atomic mass is 11.8. The highest BCUT2D eigenvalue weighted by Gasteiger charge is 2.11. The van der Waals surface area contributed by atoms with Crippen LogP contribution in [0.4, 0.5) is 0 Å². The zero-order valence-electron chi connectivity index (χ0n) is 2.01. The van der Waals surface area contributed by atoms with Crippen LogP contribution in [0.25, 0.3) is 0 Å². The molecule has 0 spiro atoms. The smallest absolute Gasteiger partial charge is 0.0664 e. The molecule has 0 heterocycles. The fourth-order valence-electron chi connectivity index (χ4n) is 0. The molecular formula is CCl4. The summed E-state index contributed by atoms with van der Waals surface area (Å²) in [4.78, 5) is 0. The highest BCUT2D eigenvalue weighted by atomic mass is 37.1. The van der Waals surface area contributed by atoms with E-state index in [1.807, 2.05) is 0 Å². The number of halogens is 4. The van der Waals surface area contributed by atoms with Crippen molar-refractivity contribution >= 4 is 46.4 Å². The maximum atomic E-state index is 4.83. The average molecular weight is 156 g/mol. The Labute approximate surface area is 50.0 Å². The molecule has 0 N–H and O–H groups in total. The van der Waals surface area contributed by atoms with Crippen LogP contribution in [-0.4, -0.2) is 3.25 Å². The number of alkyl halides is 4. The number of rotatable bonds is 0. The first-order valence-electron chi connectivity index (χ1n) is 0.756. The largest absolute Gasteiger partial charge is 0.266 e. The Balaban J connectivity index is 3.02. The summed E-state index contributed by atoms with van der Waals surface area (Å²) >= 11 is 19.3. The van der Waals surface area contributed by atoms with Crippen molar-refractivity contribution < 1.29 is 0 Å². The molecule has 0 saturated heterocycles. The van der Waals surface area contributed by atoms with E-state index in [2.05, 4.69) is 0 Å². The van der Waals surface area contributed by atoms with E-state index in [-0.39, 0.29) is 0 Å². The summed E-state index contributed by atoms with van der Waals surface area (Å²) < 4.78 is -1.61. The third kappa shape index (κ3) is 38.3. The van der Waals surface area contributed by atoms with Crippen LogP contribution in [-0.2, 0) is 0 Å². The Morgan fingerprint density at radius 2 is 1.20 bits per heavy atom. The maximum absolute atomic E-state index is 4.83. The highest BCUT2D eigenvalue weighted by Crippen LogP contribution is 2.29. The van der Waals surface area contributed by atoms with E-state index in [0.29, 0.717) is 0 Å². The molecule has 0 aliphatic rings. The van der Waals surface area contributed by atoms with E-state index < -0.39 is 3.25 Å². The molecule has 0 aromatic heterocycles. The summed E-state index contributed by atoms with van der Waals surface area (Å²) in [5.74, 6) is 0. The Hall–Kier alpha value is 1.16. The van der Waals surface area contributed by atoms with Gasteiger partial charge in [0.2, 0.25) is 0 Å². The summed E-state index contributed by atoms with van der Waals surface area (Å²) in [5, 5.41) is 0. The molecular weight excluding hydrogens is 156 g/mol. The predicted octanol–water partition coefficient (Wildman–Crippen LogP) is 2.55. The van der Waals surface area contributed by atoms with Gasteiger partial charge in [0.15, 0.2) is 0 Å². The Morgan fingerprint density at radius 3 is 1.20 bits per heavy atom. The first-order chi connectivity index (χ1) is 2.00. The lowest BCUT2D eigenvalue weighted by Gasteiger charge is -1.91. The van der Waals surface area contributed by atoms with Crippen molar-refractivity contribution in [3.63, 3.8) is 0 Å². The van der Waals surface area contributed by atoms with Crippen LogP contribution < -0.4 is 0 Å². The third-order valence-corrected chi connectivity index (χ3v) is 0. The van der Waals surface area contributed by atoms with Crippen molar-refractivity contribution in [3.8, 4) is 0 Å². The van der Waals surface area contributed by atoms with Gasteiger partial charge in [-0.15, -0.1) is 0 Å². The van der Waals surface area contributed by atoms with Crippen molar-refractivity contribution in [1.29, 1.82) is 0 Å². The van der Waals surface area contributed by atoms with E-state index in [4.69, 9.17) is 46.4 Å². The molecule has 32 valence electrons. The van der Waals surface area contributed by atoms with Gasteiger partial charge in [0.1, 0.15) is 0 Å². The second kappa shape index (κ2) is 1.74. The van der Waals surface area contributed by atoms with Gasteiger partial charge in [0.05, 0.1) is 0 Å². The van der Waals surface area contributed by atoms with Crippen LogP contribution in [0.1, 0.15) is 0 Å². The number of hydrogen-bond donors (Lipinski definition) is 0. The van der Waals surface area contributed by atoms with Crippen LogP contribution in [0.15, 0.2) is 0 Å². The minimum atomic E-state index is -1.61. The molecule has 0 fully saturated rings. The van der Waals surface area contributed by atoms with Gasteiger partial charge in [-0.2, -0.15) is 0 Å². The van der Waals surface area contributed by atoms with Crippen LogP contribution in [0.5, 0.6) is 0 Å². The molecule has 0 aliphatic carbocycles. The molecule has 0 aliphatic heterocycles. The third-order valence-electron chi connectivity index (χ3n) is 0. The van der Waals surface area contributed by atoms with Gasteiger partial charge < -0.3 is 0 Å². The molecule has 0 aromatic carbocycles. The molecule has 0 rings (SSSR count). The molecule has 5 heavy (non-hydrogen) atoms. The lowest BCUT2D eigenvalue weighted by molar-refractivity contribution is 1.76. The molecule has 0 bridgehead atoms. The van der Waals surface area contributed by atoms with Crippen LogP contribution in [0.3, 0.4) is 0 Å². The van der Waals surface area contributed by atoms with Crippen molar-refractivity contribution in [2.75, 3.05) is 0 Å². The van der Waals surface area contributed by atoms with Gasteiger partial charge in [-0.3, -0.25) is 0 Å². The van der Waals surface area contributed by atoms with Gasteiger partial charge in [-0.1, -0.05) is 46.4 Å². The molecule has 0 amide bonds. The van der Waals surface area contributed by atoms with Gasteiger partial charge in [0, 0.05) is 0 Å². The van der Waals surface area contributed by atoms with Crippen LogP contribution in [0.2, 0.25) is 0 Å². The Bertz CT molecular complexity index is 19.1. The maximum Gasteiger partial charge on any atom is 0.266 e.